The van der Waals surface area contributed by atoms with Crippen LogP contribution in [0.2, 0.25) is 5.02 Å². The molecule has 2 atom stereocenters. The number of hydrogen-bond donors (Lipinski definition) is 1. The topological polar surface area (TPSA) is 43.8 Å². The first-order valence-electron chi connectivity index (χ1n) is 5.84. The molecule has 3 nitrogen and oxygen atoms in total. The molecule has 0 amide bonds. The van der Waals surface area contributed by atoms with E-state index in [2.05, 4.69) is 39.7 Å². The number of halogens is 1. The van der Waals surface area contributed by atoms with Gasteiger partial charge in [0.05, 0.1) is 23.0 Å². The SMILES string of the molecule is CC(C)C(C)C(N)c1c(Cl)cnn1C(C)C. The molecule has 1 rings (SSSR count). The molecule has 16 heavy (non-hydrogen) atoms. The van der Waals surface area contributed by atoms with Crippen molar-refractivity contribution in [3.63, 3.8) is 0 Å². The van der Waals surface area contributed by atoms with E-state index in [-0.39, 0.29) is 12.1 Å². The zero-order chi connectivity index (χ0) is 12.5. The van der Waals surface area contributed by atoms with E-state index in [1.54, 1.807) is 6.20 Å². The van der Waals surface area contributed by atoms with E-state index >= 15 is 0 Å². The van der Waals surface area contributed by atoms with Crippen LogP contribution in [-0.4, -0.2) is 9.78 Å². The quantitative estimate of drug-likeness (QED) is 0.881. The van der Waals surface area contributed by atoms with E-state index in [4.69, 9.17) is 17.3 Å². The summed E-state index contributed by atoms with van der Waals surface area (Å²) in [6.07, 6.45) is 1.68. The Kier molecular flexibility index (Phi) is 4.39. The van der Waals surface area contributed by atoms with Crippen LogP contribution < -0.4 is 5.73 Å². The van der Waals surface area contributed by atoms with Gasteiger partial charge in [0.25, 0.3) is 0 Å². The highest BCUT2D eigenvalue weighted by molar-refractivity contribution is 6.31. The number of hydrogen-bond acceptors (Lipinski definition) is 2. The molecule has 0 aliphatic rings. The molecule has 1 heterocycles. The van der Waals surface area contributed by atoms with Gasteiger partial charge >= 0.3 is 0 Å². The predicted octanol–water partition coefficient (Wildman–Crippen LogP) is 3.41. The molecule has 0 aliphatic heterocycles. The maximum absolute atomic E-state index is 6.28. The van der Waals surface area contributed by atoms with Crippen molar-refractivity contribution in [1.29, 1.82) is 0 Å². The van der Waals surface area contributed by atoms with Crippen molar-refractivity contribution in [2.24, 2.45) is 17.6 Å². The van der Waals surface area contributed by atoms with E-state index in [9.17, 15) is 0 Å². The molecule has 0 radical (unpaired) electrons. The molecule has 2 unspecified atom stereocenters. The van der Waals surface area contributed by atoms with Crippen LogP contribution in [0.3, 0.4) is 0 Å². The zero-order valence-corrected chi connectivity index (χ0v) is 11.5. The van der Waals surface area contributed by atoms with Crippen molar-refractivity contribution in [3.05, 3.63) is 16.9 Å². The Morgan fingerprint density at radius 2 is 1.81 bits per heavy atom. The third kappa shape index (κ3) is 2.58. The third-order valence-electron chi connectivity index (χ3n) is 3.21. The van der Waals surface area contributed by atoms with E-state index in [0.717, 1.165) is 5.69 Å². The maximum atomic E-state index is 6.28. The molecule has 1 aromatic heterocycles. The fraction of sp³-hybridized carbons (Fsp3) is 0.750. The Labute approximate surface area is 103 Å². The Morgan fingerprint density at radius 1 is 1.25 bits per heavy atom. The molecule has 0 fully saturated rings. The van der Waals surface area contributed by atoms with Crippen LogP contribution >= 0.6 is 11.6 Å². The van der Waals surface area contributed by atoms with Crippen molar-refractivity contribution in [2.45, 2.75) is 46.7 Å². The van der Waals surface area contributed by atoms with E-state index in [1.807, 2.05) is 4.68 Å². The summed E-state index contributed by atoms with van der Waals surface area (Å²) < 4.78 is 1.92. The molecular formula is C12H22ClN3. The van der Waals surface area contributed by atoms with E-state index in [0.29, 0.717) is 16.9 Å². The summed E-state index contributed by atoms with van der Waals surface area (Å²) in [4.78, 5) is 0. The summed E-state index contributed by atoms with van der Waals surface area (Å²) in [7, 11) is 0. The molecule has 0 aliphatic carbocycles. The molecule has 0 aromatic carbocycles. The van der Waals surface area contributed by atoms with Crippen molar-refractivity contribution in [3.8, 4) is 0 Å². The van der Waals surface area contributed by atoms with Gasteiger partial charge in [0.1, 0.15) is 0 Å². The molecule has 0 bridgehead atoms. The normalized spacial score (nSPS) is 15.8. The molecule has 2 N–H and O–H groups in total. The monoisotopic (exact) mass is 243 g/mol. The first-order chi connectivity index (χ1) is 7.36. The third-order valence-corrected chi connectivity index (χ3v) is 3.50. The molecular weight excluding hydrogens is 222 g/mol. The summed E-state index contributed by atoms with van der Waals surface area (Å²) in [6, 6.07) is 0.227. The predicted molar refractivity (Wildman–Crippen MR) is 68.6 cm³/mol. The molecule has 0 spiro atoms. The van der Waals surface area contributed by atoms with Gasteiger partial charge in [0.2, 0.25) is 0 Å². The summed E-state index contributed by atoms with van der Waals surface area (Å²) >= 11 is 6.17. The lowest BCUT2D eigenvalue weighted by molar-refractivity contribution is 0.331. The number of aromatic nitrogens is 2. The van der Waals surface area contributed by atoms with Crippen LogP contribution in [0.5, 0.6) is 0 Å². The fourth-order valence-corrected chi connectivity index (χ4v) is 1.99. The van der Waals surface area contributed by atoms with Gasteiger partial charge in [-0.05, 0) is 25.7 Å². The van der Waals surface area contributed by atoms with Crippen molar-refractivity contribution in [1.82, 2.24) is 9.78 Å². The van der Waals surface area contributed by atoms with Crippen LogP contribution in [0, 0.1) is 11.8 Å². The minimum Gasteiger partial charge on any atom is -0.322 e. The number of rotatable bonds is 4. The van der Waals surface area contributed by atoms with Gasteiger partial charge in [0.15, 0.2) is 0 Å². The Balaban J connectivity index is 3.06. The van der Waals surface area contributed by atoms with Crippen molar-refractivity contribution in [2.75, 3.05) is 0 Å². The summed E-state index contributed by atoms with van der Waals surface area (Å²) in [6.45, 7) is 10.7. The summed E-state index contributed by atoms with van der Waals surface area (Å²) in [5.74, 6) is 0.910. The Morgan fingerprint density at radius 3 is 2.25 bits per heavy atom. The van der Waals surface area contributed by atoms with E-state index in [1.165, 1.54) is 0 Å². The lowest BCUT2D eigenvalue weighted by atomic mass is 9.89. The second kappa shape index (κ2) is 5.19. The van der Waals surface area contributed by atoms with Gasteiger partial charge in [-0.3, -0.25) is 4.68 Å². The first-order valence-corrected chi connectivity index (χ1v) is 6.22. The van der Waals surface area contributed by atoms with Crippen LogP contribution in [0.4, 0.5) is 0 Å². The van der Waals surface area contributed by atoms with Gasteiger partial charge in [-0.15, -0.1) is 0 Å². The average Bonchev–Trinajstić information content (AvgIpc) is 2.57. The van der Waals surface area contributed by atoms with Gasteiger partial charge in [-0.1, -0.05) is 32.4 Å². The van der Waals surface area contributed by atoms with Gasteiger partial charge in [-0.25, -0.2) is 0 Å². The Bertz CT molecular complexity index is 344. The minimum absolute atomic E-state index is 0.0580. The maximum Gasteiger partial charge on any atom is 0.0834 e. The fourth-order valence-electron chi connectivity index (χ4n) is 1.74. The number of nitrogens with two attached hydrogens (primary N) is 1. The highest BCUT2D eigenvalue weighted by Crippen LogP contribution is 2.31. The smallest absolute Gasteiger partial charge is 0.0834 e. The lowest BCUT2D eigenvalue weighted by Gasteiger charge is -2.25. The Hall–Kier alpha value is -0.540. The largest absolute Gasteiger partial charge is 0.322 e. The van der Waals surface area contributed by atoms with Crippen molar-refractivity contribution >= 4 is 11.6 Å². The minimum atomic E-state index is -0.0580. The van der Waals surface area contributed by atoms with Crippen LogP contribution in [0.15, 0.2) is 6.20 Å². The average molecular weight is 244 g/mol. The van der Waals surface area contributed by atoms with Crippen LogP contribution in [0.1, 0.15) is 52.4 Å². The molecule has 4 heteroatoms. The first kappa shape index (κ1) is 13.5. The second-order valence-corrected chi connectivity index (χ2v) is 5.45. The van der Waals surface area contributed by atoms with Gasteiger partial charge in [0, 0.05) is 6.04 Å². The van der Waals surface area contributed by atoms with Gasteiger partial charge in [-0.2, -0.15) is 5.10 Å². The molecule has 1 aromatic rings. The van der Waals surface area contributed by atoms with Crippen LogP contribution in [0.25, 0.3) is 0 Å². The van der Waals surface area contributed by atoms with E-state index < -0.39 is 0 Å². The highest BCUT2D eigenvalue weighted by Gasteiger charge is 2.25. The highest BCUT2D eigenvalue weighted by atomic mass is 35.5. The number of nitrogens with zero attached hydrogens (tertiary/aromatic N) is 2. The van der Waals surface area contributed by atoms with Crippen LogP contribution in [-0.2, 0) is 0 Å². The lowest BCUT2D eigenvalue weighted by Crippen LogP contribution is -2.26. The summed E-state index contributed by atoms with van der Waals surface area (Å²) in [5.41, 5.74) is 7.23. The zero-order valence-electron chi connectivity index (χ0n) is 10.7. The molecule has 0 saturated heterocycles. The second-order valence-electron chi connectivity index (χ2n) is 5.04. The molecule has 92 valence electrons. The summed E-state index contributed by atoms with van der Waals surface area (Å²) in [5, 5.41) is 4.96. The standard InChI is InChI=1S/C12H22ClN3/c1-7(2)9(5)11(14)12-10(13)6-15-16(12)8(3)4/h6-9,11H,14H2,1-5H3. The molecule has 0 saturated carbocycles. The van der Waals surface area contributed by atoms with Crippen molar-refractivity contribution < 1.29 is 0 Å². The van der Waals surface area contributed by atoms with Gasteiger partial charge < -0.3 is 5.73 Å².